The van der Waals surface area contributed by atoms with Gasteiger partial charge < -0.3 is 14.6 Å². The van der Waals surface area contributed by atoms with E-state index >= 15 is 0 Å². The number of hydrogen-bond acceptors (Lipinski definition) is 3. The summed E-state index contributed by atoms with van der Waals surface area (Å²) in [7, 11) is 1.61. The molecule has 0 radical (unpaired) electrons. The Kier molecular flexibility index (Phi) is 5.84. The zero-order chi connectivity index (χ0) is 15.1. The van der Waals surface area contributed by atoms with E-state index in [9.17, 15) is 9.59 Å². The molecule has 0 saturated heterocycles. The van der Waals surface area contributed by atoms with Gasteiger partial charge in [-0.05, 0) is 25.0 Å². The maximum absolute atomic E-state index is 12.1. The lowest BCUT2D eigenvalue weighted by Crippen LogP contribution is -2.42. The molecule has 2 amide bonds. The minimum atomic E-state index is -0.271. The number of carbonyl (C=O) groups excluding carboxylic acids is 2. The number of hydrogen-bond donors (Lipinski definition) is 1. The van der Waals surface area contributed by atoms with Gasteiger partial charge in [-0.2, -0.15) is 0 Å². The molecule has 0 aromatic carbocycles. The van der Waals surface area contributed by atoms with Gasteiger partial charge in [-0.15, -0.1) is 0 Å². The average Bonchev–Trinajstić information content (AvgIpc) is 2.94. The van der Waals surface area contributed by atoms with E-state index in [0.29, 0.717) is 0 Å². The minimum Gasteiger partial charge on any atom is -0.459 e. The first-order valence-corrected chi connectivity index (χ1v) is 7.75. The van der Waals surface area contributed by atoms with Crippen LogP contribution in [0.15, 0.2) is 22.8 Å². The largest absolute Gasteiger partial charge is 0.459 e. The Balaban J connectivity index is 1.79. The Hall–Kier alpha value is -1.78. The first-order chi connectivity index (χ1) is 10.2. The summed E-state index contributed by atoms with van der Waals surface area (Å²) in [4.78, 5) is 25.4. The number of rotatable bonds is 4. The van der Waals surface area contributed by atoms with Crippen molar-refractivity contribution in [1.82, 2.24) is 10.2 Å². The zero-order valence-electron chi connectivity index (χ0n) is 12.6. The number of amides is 2. The van der Waals surface area contributed by atoms with E-state index in [-0.39, 0.29) is 30.2 Å². The van der Waals surface area contributed by atoms with Gasteiger partial charge in [-0.25, -0.2) is 0 Å². The highest BCUT2D eigenvalue weighted by molar-refractivity contribution is 5.94. The fourth-order valence-corrected chi connectivity index (χ4v) is 2.75. The van der Waals surface area contributed by atoms with Crippen LogP contribution in [0.5, 0.6) is 0 Å². The fraction of sp³-hybridized carbons (Fsp3) is 0.625. The Morgan fingerprint density at radius 1 is 1.24 bits per heavy atom. The number of nitrogens with one attached hydrogen (secondary N) is 1. The van der Waals surface area contributed by atoms with Crippen molar-refractivity contribution < 1.29 is 14.0 Å². The highest BCUT2D eigenvalue weighted by atomic mass is 16.3. The maximum atomic E-state index is 12.1. The summed E-state index contributed by atoms with van der Waals surface area (Å²) < 4.78 is 5.06. The van der Waals surface area contributed by atoms with Crippen molar-refractivity contribution in [2.45, 2.75) is 51.0 Å². The predicted octanol–water partition coefficient (Wildman–Crippen LogP) is 2.58. The SMILES string of the molecule is CN(CC(=O)NC1CCCCCCC1)C(=O)c1ccco1. The Labute approximate surface area is 125 Å². The van der Waals surface area contributed by atoms with Gasteiger partial charge in [0, 0.05) is 13.1 Å². The van der Waals surface area contributed by atoms with Crippen molar-refractivity contribution in [2.24, 2.45) is 0 Å². The number of carbonyl (C=O) groups is 2. The van der Waals surface area contributed by atoms with Gasteiger partial charge in [-0.1, -0.05) is 32.1 Å². The van der Waals surface area contributed by atoms with E-state index in [4.69, 9.17) is 4.42 Å². The quantitative estimate of drug-likeness (QED) is 0.927. The van der Waals surface area contributed by atoms with Gasteiger partial charge in [0.2, 0.25) is 5.91 Å². The zero-order valence-corrected chi connectivity index (χ0v) is 12.6. The normalized spacial score (nSPS) is 16.8. The summed E-state index contributed by atoms with van der Waals surface area (Å²) in [6.07, 6.45) is 9.70. The molecule has 0 atom stereocenters. The van der Waals surface area contributed by atoms with Crippen LogP contribution in [-0.4, -0.2) is 36.3 Å². The molecule has 5 nitrogen and oxygen atoms in total. The van der Waals surface area contributed by atoms with E-state index in [2.05, 4.69) is 5.32 Å². The summed E-state index contributed by atoms with van der Waals surface area (Å²) in [5.74, 6) is -0.105. The minimum absolute atomic E-state index is 0.0655. The van der Waals surface area contributed by atoms with Crippen LogP contribution in [0.3, 0.4) is 0 Å². The Morgan fingerprint density at radius 3 is 2.52 bits per heavy atom. The smallest absolute Gasteiger partial charge is 0.289 e. The molecule has 1 aromatic heterocycles. The molecule has 1 aromatic rings. The second-order valence-corrected chi connectivity index (χ2v) is 5.75. The first-order valence-electron chi connectivity index (χ1n) is 7.75. The highest BCUT2D eigenvalue weighted by Gasteiger charge is 2.19. The second kappa shape index (κ2) is 7.86. The van der Waals surface area contributed by atoms with E-state index in [1.165, 1.54) is 43.3 Å². The lowest BCUT2D eigenvalue weighted by molar-refractivity contribution is -0.122. The molecule has 21 heavy (non-hydrogen) atoms. The van der Waals surface area contributed by atoms with Crippen molar-refractivity contribution in [1.29, 1.82) is 0 Å². The van der Waals surface area contributed by atoms with Crippen LogP contribution >= 0.6 is 0 Å². The van der Waals surface area contributed by atoms with Crippen molar-refractivity contribution in [3.63, 3.8) is 0 Å². The van der Waals surface area contributed by atoms with Crippen LogP contribution in [0, 0.1) is 0 Å². The van der Waals surface area contributed by atoms with Gasteiger partial charge in [0.15, 0.2) is 5.76 Å². The average molecular weight is 292 g/mol. The van der Waals surface area contributed by atoms with Gasteiger partial charge in [0.05, 0.1) is 12.8 Å². The number of likely N-dealkylation sites (N-methyl/N-ethyl adjacent to an activating group) is 1. The van der Waals surface area contributed by atoms with Gasteiger partial charge >= 0.3 is 0 Å². The van der Waals surface area contributed by atoms with E-state index < -0.39 is 0 Å². The maximum Gasteiger partial charge on any atom is 0.289 e. The highest BCUT2D eigenvalue weighted by Crippen LogP contribution is 2.17. The third-order valence-corrected chi connectivity index (χ3v) is 3.93. The Bertz CT molecular complexity index is 448. The molecule has 1 saturated carbocycles. The molecule has 1 N–H and O–H groups in total. The molecule has 116 valence electrons. The van der Waals surface area contributed by atoms with E-state index in [1.54, 1.807) is 19.2 Å². The van der Waals surface area contributed by atoms with Crippen molar-refractivity contribution in [3.05, 3.63) is 24.2 Å². The molecule has 1 fully saturated rings. The number of nitrogens with zero attached hydrogens (tertiary/aromatic N) is 1. The molecule has 1 aliphatic rings. The predicted molar refractivity (Wildman–Crippen MR) is 79.9 cm³/mol. The molecule has 5 heteroatoms. The topological polar surface area (TPSA) is 62.6 Å². The van der Waals surface area contributed by atoms with Gasteiger partial charge in [-0.3, -0.25) is 9.59 Å². The monoisotopic (exact) mass is 292 g/mol. The van der Waals surface area contributed by atoms with Crippen molar-refractivity contribution in [3.8, 4) is 0 Å². The molecule has 0 bridgehead atoms. The molecular formula is C16H24N2O3. The molecule has 2 rings (SSSR count). The molecule has 1 aliphatic carbocycles. The third kappa shape index (κ3) is 4.92. The molecule has 1 heterocycles. The molecular weight excluding hydrogens is 268 g/mol. The second-order valence-electron chi connectivity index (χ2n) is 5.75. The molecule has 0 aliphatic heterocycles. The summed E-state index contributed by atoms with van der Waals surface area (Å²) in [6.45, 7) is 0.0655. The Morgan fingerprint density at radius 2 is 1.90 bits per heavy atom. The van der Waals surface area contributed by atoms with E-state index in [1.807, 2.05) is 0 Å². The summed E-state index contributed by atoms with van der Waals surface area (Å²) in [5.41, 5.74) is 0. The van der Waals surface area contributed by atoms with Crippen LogP contribution in [0.25, 0.3) is 0 Å². The van der Waals surface area contributed by atoms with E-state index in [0.717, 1.165) is 12.8 Å². The lowest BCUT2D eigenvalue weighted by atomic mass is 9.97. The summed E-state index contributed by atoms with van der Waals surface area (Å²) in [5, 5.41) is 3.05. The van der Waals surface area contributed by atoms with Crippen LogP contribution in [0.4, 0.5) is 0 Å². The summed E-state index contributed by atoms with van der Waals surface area (Å²) >= 11 is 0. The van der Waals surface area contributed by atoms with Gasteiger partial charge in [0.1, 0.15) is 0 Å². The van der Waals surface area contributed by atoms with Gasteiger partial charge in [0.25, 0.3) is 5.91 Å². The first kappa shape index (κ1) is 15.6. The standard InChI is InChI=1S/C16H24N2O3/c1-18(16(20)14-10-7-11-21-14)12-15(19)17-13-8-5-3-2-4-6-9-13/h7,10-11,13H,2-6,8-9,12H2,1H3,(H,17,19). The van der Waals surface area contributed by atoms with Crippen LogP contribution < -0.4 is 5.32 Å². The van der Waals surface area contributed by atoms with Crippen LogP contribution in [0.1, 0.15) is 55.5 Å². The molecule has 0 unspecified atom stereocenters. The fourth-order valence-electron chi connectivity index (χ4n) is 2.75. The van der Waals surface area contributed by atoms with Crippen molar-refractivity contribution in [2.75, 3.05) is 13.6 Å². The number of furan rings is 1. The lowest BCUT2D eigenvalue weighted by Gasteiger charge is -2.22. The van der Waals surface area contributed by atoms with Crippen molar-refractivity contribution >= 4 is 11.8 Å². The third-order valence-electron chi connectivity index (χ3n) is 3.93. The summed E-state index contributed by atoms with van der Waals surface area (Å²) in [6, 6.07) is 3.52. The molecule has 0 spiro atoms. The van der Waals surface area contributed by atoms with Crippen LogP contribution in [0.2, 0.25) is 0 Å². The van der Waals surface area contributed by atoms with Crippen LogP contribution in [-0.2, 0) is 4.79 Å².